The fourth-order valence-electron chi connectivity index (χ4n) is 2.25. The van der Waals surface area contributed by atoms with Gasteiger partial charge in [0, 0.05) is 12.3 Å². The van der Waals surface area contributed by atoms with Crippen LogP contribution in [0.5, 0.6) is 5.75 Å². The molecule has 0 heterocycles. The molecule has 0 aromatic heterocycles. The van der Waals surface area contributed by atoms with Crippen molar-refractivity contribution in [2.24, 2.45) is 4.99 Å². The Balaban J connectivity index is 1.93. The van der Waals surface area contributed by atoms with E-state index in [1.807, 2.05) is 24.3 Å². The minimum Gasteiger partial charge on any atom is -0.494 e. The molecule has 0 atom stereocenters. The maximum absolute atomic E-state index is 11.0. The Labute approximate surface area is 142 Å². The molecule has 24 heavy (non-hydrogen) atoms. The molecule has 0 aliphatic rings. The van der Waals surface area contributed by atoms with E-state index in [0.717, 1.165) is 24.5 Å². The molecular weight excluding hydrogens is 304 g/mol. The quantitative estimate of drug-likeness (QED) is 0.272. The SMILES string of the molecule is CCCCCCOc1ccc(/N=C/c2ccccc2[N+](=O)[O-])cc1. The van der Waals surface area contributed by atoms with E-state index in [2.05, 4.69) is 11.9 Å². The number of aliphatic imine (C=N–C) groups is 1. The van der Waals surface area contributed by atoms with Gasteiger partial charge in [0.2, 0.25) is 0 Å². The minimum atomic E-state index is -0.406. The average Bonchev–Trinajstić information content (AvgIpc) is 2.61. The van der Waals surface area contributed by atoms with Gasteiger partial charge in [-0.1, -0.05) is 38.3 Å². The summed E-state index contributed by atoms with van der Waals surface area (Å²) in [4.78, 5) is 14.9. The molecule has 0 aliphatic carbocycles. The Hall–Kier alpha value is -2.69. The molecule has 0 spiro atoms. The van der Waals surface area contributed by atoms with Gasteiger partial charge in [-0.05, 0) is 36.8 Å². The van der Waals surface area contributed by atoms with Crippen LogP contribution in [0, 0.1) is 10.1 Å². The zero-order valence-electron chi connectivity index (χ0n) is 13.9. The number of nitrogens with zero attached hydrogens (tertiary/aromatic N) is 2. The fraction of sp³-hybridized carbons (Fsp3) is 0.316. The van der Waals surface area contributed by atoms with E-state index in [9.17, 15) is 10.1 Å². The van der Waals surface area contributed by atoms with E-state index in [-0.39, 0.29) is 5.69 Å². The van der Waals surface area contributed by atoms with E-state index in [1.165, 1.54) is 31.5 Å². The molecule has 0 unspecified atom stereocenters. The van der Waals surface area contributed by atoms with Crippen LogP contribution >= 0.6 is 0 Å². The van der Waals surface area contributed by atoms with Crippen molar-refractivity contribution >= 4 is 17.6 Å². The summed E-state index contributed by atoms with van der Waals surface area (Å²) in [6, 6.07) is 14.0. The molecule has 126 valence electrons. The van der Waals surface area contributed by atoms with Crippen molar-refractivity contribution in [3.8, 4) is 5.75 Å². The molecule has 0 aliphatic heterocycles. The first kappa shape index (κ1) is 17.7. The molecular formula is C19H22N2O3. The normalized spacial score (nSPS) is 10.9. The summed E-state index contributed by atoms with van der Waals surface area (Å²) in [5.74, 6) is 0.816. The molecule has 2 aromatic rings. The highest BCUT2D eigenvalue weighted by Crippen LogP contribution is 2.20. The lowest BCUT2D eigenvalue weighted by atomic mass is 10.2. The van der Waals surface area contributed by atoms with Gasteiger partial charge in [-0.25, -0.2) is 0 Å². The molecule has 0 fully saturated rings. The number of nitro benzene ring substituents is 1. The second-order valence-corrected chi connectivity index (χ2v) is 5.48. The van der Waals surface area contributed by atoms with Gasteiger partial charge in [-0.15, -0.1) is 0 Å². The fourth-order valence-corrected chi connectivity index (χ4v) is 2.25. The highest BCUT2D eigenvalue weighted by Gasteiger charge is 2.09. The van der Waals surface area contributed by atoms with Crippen LogP contribution in [0.3, 0.4) is 0 Å². The lowest BCUT2D eigenvalue weighted by Crippen LogP contribution is -1.96. The lowest BCUT2D eigenvalue weighted by Gasteiger charge is -2.05. The van der Waals surface area contributed by atoms with Crippen molar-refractivity contribution in [3.05, 3.63) is 64.2 Å². The summed E-state index contributed by atoms with van der Waals surface area (Å²) in [5.41, 5.74) is 1.26. The van der Waals surface area contributed by atoms with Gasteiger partial charge in [0.25, 0.3) is 5.69 Å². The van der Waals surface area contributed by atoms with E-state index in [1.54, 1.807) is 18.2 Å². The third kappa shape index (κ3) is 5.50. The van der Waals surface area contributed by atoms with Crippen LogP contribution in [-0.4, -0.2) is 17.7 Å². The van der Waals surface area contributed by atoms with Crippen molar-refractivity contribution in [1.29, 1.82) is 0 Å². The average molecular weight is 326 g/mol. The summed E-state index contributed by atoms with van der Waals surface area (Å²) >= 11 is 0. The third-order valence-corrected chi connectivity index (χ3v) is 3.59. The Morgan fingerprint density at radius 1 is 1.08 bits per heavy atom. The highest BCUT2D eigenvalue weighted by atomic mass is 16.6. The lowest BCUT2D eigenvalue weighted by molar-refractivity contribution is -0.385. The number of unbranched alkanes of at least 4 members (excludes halogenated alkanes) is 3. The molecule has 0 radical (unpaired) electrons. The molecule has 5 heteroatoms. The van der Waals surface area contributed by atoms with Gasteiger partial charge < -0.3 is 4.74 Å². The van der Waals surface area contributed by atoms with Crippen LogP contribution in [0.25, 0.3) is 0 Å². The van der Waals surface area contributed by atoms with Crippen molar-refractivity contribution in [2.45, 2.75) is 32.6 Å². The van der Waals surface area contributed by atoms with Crippen molar-refractivity contribution in [2.75, 3.05) is 6.61 Å². The third-order valence-electron chi connectivity index (χ3n) is 3.59. The van der Waals surface area contributed by atoms with E-state index in [0.29, 0.717) is 5.56 Å². The molecule has 0 saturated carbocycles. The van der Waals surface area contributed by atoms with Crippen LogP contribution in [0.1, 0.15) is 38.2 Å². The number of nitro groups is 1. The van der Waals surface area contributed by atoms with Crippen LogP contribution in [0.15, 0.2) is 53.5 Å². The van der Waals surface area contributed by atoms with Crippen molar-refractivity contribution in [3.63, 3.8) is 0 Å². The van der Waals surface area contributed by atoms with Gasteiger partial charge in [-0.2, -0.15) is 0 Å². The Kier molecular flexibility index (Phi) is 6.95. The maximum Gasteiger partial charge on any atom is 0.278 e. The second-order valence-electron chi connectivity index (χ2n) is 5.48. The van der Waals surface area contributed by atoms with E-state index >= 15 is 0 Å². The predicted octanol–water partition coefficient (Wildman–Crippen LogP) is 5.30. The Morgan fingerprint density at radius 3 is 2.54 bits per heavy atom. The zero-order valence-corrected chi connectivity index (χ0v) is 13.9. The van der Waals surface area contributed by atoms with Gasteiger partial charge in [0.1, 0.15) is 5.75 Å². The zero-order chi connectivity index (χ0) is 17.2. The van der Waals surface area contributed by atoms with Gasteiger partial charge in [-0.3, -0.25) is 15.1 Å². The van der Waals surface area contributed by atoms with Crippen molar-refractivity contribution < 1.29 is 9.66 Å². The molecule has 2 rings (SSSR count). The molecule has 0 amide bonds. The van der Waals surface area contributed by atoms with Crippen LogP contribution in [0.4, 0.5) is 11.4 Å². The number of hydrogen-bond acceptors (Lipinski definition) is 4. The number of benzene rings is 2. The smallest absolute Gasteiger partial charge is 0.278 e. The molecule has 0 saturated heterocycles. The first-order chi connectivity index (χ1) is 11.7. The molecule has 0 bridgehead atoms. The van der Waals surface area contributed by atoms with Gasteiger partial charge in [0.15, 0.2) is 0 Å². The largest absolute Gasteiger partial charge is 0.494 e. The minimum absolute atomic E-state index is 0.0493. The molecule has 2 aromatic carbocycles. The van der Waals surface area contributed by atoms with Crippen LogP contribution in [-0.2, 0) is 0 Å². The second kappa shape index (κ2) is 9.45. The van der Waals surface area contributed by atoms with Gasteiger partial charge in [0.05, 0.1) is 22.8 Å². The number of ether oxygens (including phenoxy) is 1. The van der Waals surface area contributed by atoms with E-state index in [4.69, 9.17) is 4.74 Å². The topological polar surface area (TPSA) is 64.7 Å². The Morgan fingerprint density at radius 2 is 1.83 bits per heavy atom. The summed E-state index contributed by atoms with van der Waals surface area (Å²) in [6.45, 7) is 2.91. The first-order valence-electron chi connectivity index (χ1n) is 8.21. The molecule has 5 nitrogen and oxygen atoms in total. The predicted molar refractivity (Wildman–Crippen MR) is 96.4 cm³/mol. The number of rotatable bonds is 9. The monoisotopic (exact) mass is 326 g/mol. The number of hydrogen-bond donors (Lipinski definition) is 0. The first-order valence-corrected chi connectivity index (χ1v) is 8.21. The van der Waals surface area contributed by atoms with E-state index < -0.39 is 4.92 Å². The maximum atomic E-state index is 11.0. The summed E-state index contributed by atoms with van der Waals surface area (Å²) < 4.78 is 5.68. The molecule has 0 N–H and O–H groups in total. The Bertz CT molecular complexity index is 681. The summed E-state index contributed by atoms with van der Waals surface area (Å²) in [7, 11) is 0. The summed E-state index contributed by atoms with van der Waals surface area (Å²) in [6.07, 6.45) is 6.22. The van der Waals surface area contributed by atoms with Crippen molar-refractivity contribution in [1.82, 2.24) is 0 Å². The summed E-state index contributed by atoms with van der Waals surface area (Å²) in [5, 5.41) is 11.0. The highest BCUT2D eigenvalue weighted by molar-refractivity contribution is 5.86. The van der Waals surface area contributed by atoms with Crippen LogP contribution < -0.4 is 4.74 Å². The van der Waals surface area contributed by atoms with Gasteiger partial charge >= 0.3 is 0 Å². The standard InChI is InChI=1S/C19H22N2O3/c1-2-3-4-7-14-24-18-12-10-17(11-13-18)20-15-16-8-5-6-9-19(16)21(22)23/h5-6,8-13,15H,2-4,7,14H2,1H3/b20-15+. The van der Waals surface area contributed by atoms with Crippen LogP contribution in [0.2, 0.25) is 0 Å². The number of para-hydroxylation sites is 1.